The number of hydrogen-bond acceptors (Lipinski definition) is 4. The van der Waals surface area contributed by atoms with Crippen molar-refractivity contribution >= 4 is 31.6 Å². The Hall–Kier alpha value is -2.95. The number of nitrogens with zero attached hydrogens (tertiary/aromatic N) is 2. The maximum absolute atomic E-state index is 12.9. The molecule has 2 aromatic carbocycles. The highest BCUT2D eigenvalue weighted by Crippen LogP contribution is 2.18. The third-order valence-corrected chi connectivity index (χ3v) is 6.07. The summed E-state index contributed by atoms with van der Waals surface area (Å²) in [5, 5.41) is 0. The second-order valence-corrected chi connectivity index (χ2v) is 9.27. The Kier molecular flexibility index (Phi) is 6.47. The first-order chi connectivity index (χ1) is 13.9. The average molecular weight is 469 g/mol. The molecule has 3 rings (SSSR count). The summed E-state index contributed by atoms with van der Waals surface area (Å²) in [5.41, 5.74) is 1.63. The molecular weight excluding hydrogens is 452 g/mol. The van der Waals surface area contributed by atoms with Gasteiger partial charge in [-0.2, -0.15) is 4.36 Å². The van der Waals surface area contributed by atoms with Crippen LogP contribution in [0.3, 0.4) is 0 Å². The fourth-order valence-corrected chi connectivity index (χ4v) is 4.00. The molecule has 0 saturated carbocycles. The maximum Gasteiger partial charge on any atom is 0.286 e. The summed E-state index contributed by atoms with van der Waals surface area (Å²) in [4.78, 5) is 17.1. The van der Waals surface area contributed by atoms with Gasteiger partial charge in [-0.25, -0.2) is 4.21 Å². The lowest BCUT2D eigenvalue weighted by Gasteiger charge is -2.05. The minimum Gasteiger partial charge on any atom is -0.497 e. The molecule has 0 spiro atoms. The molecule has 1 unspecified atom stereocenters. The van der Waals surface area contributed by atoms with E-state index < -0.39 is 15.6 Å². The van der Waals surface area contributed by atoms with Gasteiger partial charge in [-0.15, -0.1) is 0 Å². The standard InChI is InChI=1S/C22H17BrN2O3S/c1-28-20-8-10-21(11-9-20)29(2,27)25-22(26)18-12-17(14-24-15-18)7-6-16-4-3-5-19(23)13-16/h3-5,8-15H,1-2H3. The van der Waals surface area contributed by atoms with Gasteiger partial charge in [0.2, 0.25) is 0 Å². The fourth-order valence-electron chi connectivity index (χ4n) is 2.43. The molecule has 0 aliphatic heterocycles. The van der Waals surface area contributed by atoms with Crippen molar-refractivity contribution in [2.45, 2.75) is 4.90 Å². The molecule has 3 aromatic rings. The van der Waals surface area contributed by atoms with Gasteiger partial charge in [-0.3, -0.25) is 9.78 Å². The van der Waals surface area contributed by atoms with Gasteiger partial charge in [0.15, 0.2) is 0 Å². The van der Waals surface area contributed by atoms with Crippen LogP contribution >= 0.6 is 15.9 Å². The first-order valence-corrected chi connectivity index (χ1v) is 11.2. The minimum atomic E-state index is -2.90. The van der Waals surface area contributed by atoms with Crippen molar-refractivity contribution in [3.63, 3.8) is 0 Å². The average Bonchev–Trinajstić information content (AvgIpc) is 2.72. The molecule has 0 saturated heterocycles. The van der Waals surface area contributed by atoms with Gasteiger partial charge in [0.25, 0.3) is 5.91 Å². The summed E-state index contributed by atoms with van der Waals surface area (Å²) in [6, 6.07) is 15.8. The normalized spacial score (nSPS) is 12.2. The quantitative estimate of drug-likeness (QED) is 0.528. The van der Waals surface area contributed by atoms with Crippen LogP contribution in [0.2, 0.25) is 0 Å². The van der Waals surface area contributed by atoms with Crippen molar-refractivity contribution in [2.75, 3.05) is 13.4 Å². The Labute approximate surface area is 178 Å². The van der Waals surface area contributed by atoms with E-state index in [1.54, 1.807) is 43.6 Å². The van der Waals surface area contributed by atoms with Gasteiger partial charge in [0, 0.05) is 39.1 Å². The molecule has 1 aromatic heterocycles. The van der Waals surface area contributed by atoms with E-state index in [1.165, 1.54) is 12.5 Å². The molecule has 1 atom stereocenters. The summed E-state index contributed by atoms with van der Waals surface area (Å²) in [5.74, 6) is 6.03. The lowest BCUT2D eigenvalue weighted by molar-refractivity contribution is 0.100. The summed E-state index contributed by atoms with van der Waals surface area (Å²) in [6.07, 6.45) is 4.38. The number of aromatic nitrogens is 1. The largest absolute Gasteiger partial charge is 0.497 e. The van der Waals surface area contributed by atoms with Crippen LogP contribution in [0.5, 0.6) is 5.75 Å². The molecule has 0 aliphatic carbocycles. The number of hydrogen-bond donors (Lipinski definition) is 0. The minimum absolute atomic E-state index is 0.231. The van der Waals surface area contributed by atoms with Gasteiger partial charge >= 0.3 is 0 Å². The first kappa shape index (κ1) is 20.8. The zero-order valence-electron chi connectivity index (χ0n) is 15.8. The van der Waals surface area contributed by atoms with E-state index in [-0.39, 0.29) is 5.56 Å². The highest BCUT2D eigenvalue weighted by molar-refractivity contribution is 9.10. The summed E-state index contributed by atoms with van der Waals surface area (Å²) in [7, 11) is -1.36. The second kappa shape index (κ2) is 9.03. The van der Waals surface area contributed by atoms with E-state index in [0.29, 0.717) is 16.2 Å². The summed E-state index contributed by atoms with van der Waals surface area (Å²) < 4.78 is 22.9. The van der Waals surface area contributed by atoms with Crippen molar-refractivity contribution in [3.8, 4) is 17.6 Å². The number of pyridine rings is 1. The fraction of sp³-hybridized carbons (Fsp3) is 0.0909. The third-order valence-electron chi connectivity index (χ3n) is 3.91. The van der Waals surface area contributed by atoms with E-state index >= 15 is 0 Å². The van der Waals surface area contributed by atoms with Gasteiger partial charge in [-0.1, -0.05) is 33.8 Å². The van der Waals surface area contributed by atoms with Gasteiger partial charge in [-0.05, 0) is 48.5 Å². The summed E-state index contributed by atoms with van der Waals surface area (Å²) in [6.45, 7) is 0. The second-order valence-electron chi connectivity index (χ2n) is 6.10. The number of benzene rings is 2. The van der Waals surface area contributed by atoms with Crippen molar-refractivity contribution in [3.05, 3.63) is 88.2 Å². The number of carbonyl (C=O) groups is 1. The lowest BCUT2D eigenvalue weighted by atomic mass is 10.2. The SMILES string of the molecule is COc1ccc(S(C)(=O)=NC(=O)c2cncc(C#Cc3cccc(Br)c3)c2)cc1. The smallest absolute Gasteiger partial charge is 0.286 e. The first-order valence-electron chi connectivity index (χ1n) is 8.50. The highest BCUT2D eigenvalue weighted by Gasteiger charge is 2.12. The van der Waals surface area contributed by atoms with Crippen LogP contribution in [-0.4, -0.2) is 28.5 Å². The molecule has 0 bridgehead atoms. The zero-order valence-corrected chi connectivity index (χ0v) is 18.2. The molecule has 0 aliphatic rings. The number of ether oxygens (including phenoxy) is 1. The molecule has 29 heavy (non-hydrogen) atoms. The third kappa shape index (κ3) is 5.53. The number of carbonyl (C=O) groups excluding carboxylic acids is 1. The van der Waals surface area contributed by atoms with Crippen molar-refractivity contribution in [2.24, 2.45) is 4.36 Å². The predicted octanol–water partition coefficient (Wildman–Crippen LogP) is 4.55. The zero-order chi connectivity index (χ0) is 20.9. The molecule has 0 fully saturated rings. The Bertz CT molecular complexity index is 1230. The molecule has 1 heterocycles. The van der Waals surface area contributed by atoms with E-state index in [9.17, 15) is 9.00 Å². The molecule has 146 valence electrons. The molecule has 7 heteroatoms. The van der Waals surface area contributed by atoms with Crippen LogP contribution in [-0.2, 0) is 9.73 Å². The molecule has 5 nitrogen and oxygen atoms in total. The van der Waals surface area contributed by atoms with Gasteiger partial charge < -0.3 is 4.74 Å². The maximum atomic E-state index is 12.9. The van der Waals surface area contributed by atoms with Gasteiger partial charge in [0.05, 0.1) is 22.4 Å². The monoisotopic (exact) mass is 468 g/mol. The van der Waals surface area contributed by atoms with Crippen LogP contribution in [0.1, 0.15) is 21.5 Å². The Morgan fingerprint density at radius 3 is 2.48 bits per heavy atom. The molecule has 0 radical (unpaired) electrons. The van der Waals surface area contributed by atoms with Crippen molar-refractivity contribution in [1.82, 2.24) is 4.98 Å². The Morgan fingerprint density at radius 2 is 1.79 bits per heavy atom. The summed E-state index contributed by atoms with van der Waals surface area (Å²) >= 11 is 3.40. The molecule has 1 amide bonds. The Balaban J connectivity index is 1.87. The van der Waals surface area contributed by atoms with Crippen molar-refractivity contribution < 1.29 is 13.7 Å². The van der Waals surface area contributed by atoms with E-state index in [4.69, 9.17) is 4.74 Å². The van der Waals surface area contributed by atoms with Crippen LogP contribution in [0.4, 0.5) is 0 Å². The highest BCUT2D eigenvalue weighted by atomic mass is 79.9. The number of halogens is 1. The number of rotatable bonds is 3. The topological polar surface area (TPSA) is 68.6 Å². The van der Waals surface area contributed by atoms with E-state index in [1.807, 2.05) is 24.3 Å². The van der Waals surface area contributed by atoms with E-state index in [0.717, 1.165) is 10.0 Å². The lowest BCUT2D eigenvalue weighted by Crippen LogP contribution is -2.04. The van der Waals surface area contributed by atoms with E-state index in [2.05, 4.69) is 37.1 Å². The van der Waals surface area contributed by atoms with Crippen LogP contribution in [0, 0.1) is 11.8 Å². The van der Waals surface area contributed by atoms with Crippen LogP contribution < -0.4 is 4.74 Å². The number of methoxy groups -OCH3 is 1. The van der Waals surface area contributed by atoms with Gasteiger partial charge in [0.1, 0.15) is 5.75 Å². The Morgan fingerprint density at radius 1 is 1.07 bits per heavy atom. The predicted molar refractivity (Wildman–Crippen MR) is 116 cm³/mol. The number of amides is 1. The van der Waals surface area contributed by atoms with Crippen LogP contribution in [0.25, 0.3) is 0 Å². The van der Waals surface area contributed by atoms with Crippen molar-refractivity contribution in [1.29, 1.82) is 0 Å². The molecular formula is C22H17BrN2O3S. The molecule has 0 N–H and O–H groups in total. The van der Waals surface area contributed by atoms with Crippen LogP contribution in [0.15, 0.2) is 80.7 Å².